The molecule has 0 bridgehead atoms. The number of aliphatic imine (C=N–C) groups is 1. The molecule has 0 unspecified atom stereocenters. The summed E-state index contributed by atoms with van der Waals surface area (Å²) in [6.45, 7) is 2.95. The van der Waals surface area contributed by atoms with E-state index < -0.39 is 0 Å². The third kappa shape index (κ3) is 4.46. The molecular weight excluding hydrogens is 290 g/mol. The van der Waals surface area contributed by atoms with E-state index in [0.717, 1.165) is 23.1 Å². The second kappa shape index (κ2) is 7.08. The van der Waals surface area contributed by atoms with Crippen molar-refractivity contribution in [3.63, 3.8) is 0 Å². The highest BCUT2D eigenvalue weighted by Crippen LogP contribution is 2.11. The lowest BCUT2D eigenvalue weighted by Gasteiger charge is -2.21. The molecule has 0 radical (unpaired) electrons. The fourth-order valence-corrected chi connectivity index (χ4v) is 2.02. The number of aryl methyl sites for hydroxylation is 1. The molecule has 1 aromatic carbocycles. The number of halogens is 1. The minimum absolute atomic E-state index is 0.443. The number of benzene rings is 1. The van der Waals surface area contributed by atoms with Gasteiger partial charge >= 0.3 is 0 Å². The Morgan fingerprint density at radius 2 is 2.10 bits per heavy atom. The van der Waals surface area contributed by atoms with Crippen molar-refractivity contribution in [1.29, 1.82) is 0 Å². The Kier molecular flexibility index (Phi) is 5.16. The predicted molar refractivity (Wildman–Crippen MR) is 82.2 cm³/mol. The number of guanidine groups is 1. The number of aromatic nitrogens is 2. The average Bonchev–Trinajstić information content (AvgIpc) is 2.88. The fourth-order valence-electron chi connectivity index (χ4n) is 1.89. The van der Waals surface area contributed by atoms with Crippen LogP contribution in [0.15, 0.2) is 33.8 Å². The molecule has 0 aliphatic heterocycles. The van der Waals surface area contributed by atoms with Gasteiger partial charge in [0.1, 0.15) is 0 Å². The first-order valence-electron chi connectivity index (χ1n) is 6.54. The summed E-state index contributed by atoms with van der Waals surface area (Å²) in [4.78, 5) is 10.4. The Hall–Kier alpha value is -2.08. The van der Waals surface area contributed by atoms with Crippen LogP contribution in [-0.4, -0.2) is 35.1 Å². The van der Waals surface area contributed by atoms with Crippen LogP contribution < -0.4 is 5.32 Å². The monoisotopic (exact) mass is 307 g/mol. The molecule has 2 rings (SSSR count). The van der Waals surface area contributed by atoms with Gasteiger partial charge in [-0.1, -0.05) is 28.9 Å². The van der Waals surface area contributed by atoms with Crippen molar-refractivity contribution in [2.24, 2.45) is 4.99 Å². The lowest BCUT2D eigenvalue weighted by Crippen LogP contribution is -2.38. The molecule has 7 heteroatoms. The van der Waals surface area contributed by atoms with Gasteiger partial charge in [0.15, 0.2) is 11.8 Å². The number of hydrogen-bond donors (Lipinski definition) is 1. The normalized spacial score (nSPS) is 11.5. The van der Waals surface area contributed by atoms with Gasteiger partial charge in [-0.2, -0.15) is 4.98 Å². The van der Waals surface area contributed by atoms with E-state index in [1.165, 1.54) is 0 Å². The number of nitrogens with one attached hydrogen (secondary N) is 1. The van der Waals surface area contributed by atoms with Crippen molar-refractivity contribution in [2.75, 3.05) is 14.1 Å². The van der Waals surface area contributed by atoms with Gasteiger partial charge < -0.3 is 14.7 Å². The van der Waals surface area contributed by atoms with Crippen molar-refractivity contribution in [3.8, 4) is 0 Å². The fraction of sp³-hybridized carbons (Fsp3) is 0.357. The Morgan fingerprint density at radius 1 is 1.38 bits per heavy atom. The quantitative estimate of drug-likeness (QED) is 0.693. The smallest absolute Gasteiger partial charge is 0.246 e. The molecule has 0 aliphatic carbocycles. The molecular formula is C14H18ClN5O. The highest BCUT2D eigenvalue weighted by atomic mass is 35.5. The van der Waals surface area contributed by atoms with Crippen molar-refractivity contribution in [3.05, 3.63) is 46.6 Å². The van der Waals surface area contributed by atoms with Crippen molar-refractivity contribution >= 4 is 17.6 Å². The molecule has 112 valence electrons. The molecule has 2 aromatic rings. The van der Waals surface area contributed by atoms with Gasteiger partial charge in [0.25, 0.3) is 0 Å². The maximum Gasteiger partial charge on any atom is 0.246 e. The number of nitrogens with zero attached hydrogens (tertiary/aromatic N) is 4. The minimum atomic E-state index is 0.443. The first-order valence-corrected chi connectivity index (χ1v) is 6.91. The van der Waals surface area contributed by atoms with Crippen LogP contribution in [0.2, 0.25) is 5.02 Å². The van der Waals surface area contributed by atoms with Gasteiger partial charge in [0.2, 0.25) is 5.89 Å². The summed E-state index contributed by atoms with van der Waals surface area (Å²) in [7, 11) is 3.70. The summed E-state index contributed by atoms with van der Waals surface area (Å²) in [6.07, 6.45) is 0. The van der Waals surface area contributed by atoms with E-state index in [1.807, 2.05) is 36.2 Å². The van der Waals surface area contributed by atoms with Crippen LogP contribution in [-0.2, 0) is 13.1 Å². The van der Waals surface area contributed by atoms with Gasteiger partial charge in [-0.25, -0.2) is 0 Å². The SMILES string of the molecule is CN=C(NCc1nc(C)no1)N(C)Cc1ccc(Cl)cc1. The first-order chi connectivity index (χ1) is 10.1. The molecule has 1 heterocycles. The molecule has 0 atom stereocenters. The van der Waals surface area contributed by atoms with Crippen molar-refractivity contribution in [1.82, 2.24) is 20.4 Å². The largest absolute Gasteiger partial charge is 0.347 e. The summed E-state index contributed by atoms with van der Waals surface area (Å²) in [5.41, 5.74) is 1.15. The van der Waals surface area contributed by atoms with Crippen LogP contribution in [0.5, 0.6) is 0 Å². The summed E-state index contributed by atoms with van der Waals surface area (Å²) in [5, 5.41) is 7.67. The van der Waals surface area contributed by atoms with E-state index in [1.54, 1.807) is 14.0 Å². The summed E-state index contributed by atoms with van der Waals surface area (Å²) >= 11 is 5.88. The Labute approximate surface area is 128 Å². The molecule has 1 aromatic heterocycles. The number of hydrogen-bond acceptors (Lipinski definition) is 4. The van der Waals surface area contributed by atoms with Gasteiger partial charge in [0, 0.05) is 25.7 Å². The standard InChI is InChI=1S/C14H18ClN5O/c1-10-18-13(21-19-10)8-17-14(16-2)20(3)9-11-4-6-12(15)7-5-11/h4-7H,8-9H2,1-3H3,(H,16,17). The molecule has 0 fully saturated rings. The summed E-state index contributed by atoms with van der Waals surface area (Å²) < 4.78 is 5.06. The first kappa shape index (κ1) is 15.3. The molecule has 0 aliphatic rings. The third-order valence-corrected chi connectivity index (χ3v) is 3.13. The number of rotatable bonds is 4. The second-order valence-electron chi connectivity index (χ2n) is 4.62. The lowest BCUT2D eigenvalue weighted by atomic mass is 10.2. The van der Waals surface area contributed by atoms with Crippen molar-refractivity contribution in [2.45, 2.75) is 20.0 Å². The van der Waals surface area contributed by atoms with E-state index in [0.29, 0.717) is 18.3 Å². The zero-order chi connectivity index (χ0) is 15.2. The van der Waals surface area contributed by atoms with E-state index in [-0.39, 0.29) is 0 Å². The topological polar surface area (TPSA) is 66.5 Å². The van der Waals surface area contributed by atoms with Crippen LogP contribution in [0, 0.1) is 6.92 Å². The van der Waals surface area contributed by atoms with Crippen LogP contribution in [0.4, 0.5) is 0 Å². The van der Waals surface area contributed by atoms with Crippen LogP contribution >= 0.6 is 11.6 Å². The maximum atomic E-state index is 5.88. The van der Waals surface area contributed by atoms with Crippen LogP contribution in [0.3, 0.4) is 0 Å². The highest BCUT2D eigenvalue weighted by molar-refractivity contribution is 6.30. The Morgan fingerprint density at radius 3 is 2.67 bits per heavy atom. The van der Waals surface area contributed by atoms with Gasteiger partial charge in [-0.3, -0.25) is 4.99 Å². The van der Waals surface area contributed by atoms with Gasteiger partial charge in [-0.15, -0.1) is 0 Å². The zero-order valence-electron chi connectivity index (χ0n) is 12.3. The van der Waals surface area contributed by atoms with E-state index in [4.69, 9.17) is 16.1 Å². The van der Waals surface area contributed by atoms with Gasteiger partial charge in [-0.05, 0) is 24.6 Å². The molecule has 0 amide bonds. The van der Waals surface area contributed by atoms with E-state index >= 15 is 0 Å². The summed E-state index contributed by atoms with van der Waals surface area (Å²) in [6, 6.07) is 7.74. The maximum absolute atomic E-state index is 5.88. The molecule has 21 heavy (non-hydrogen) atoms. The molecule has 1 N–H and O–H groups in total. The summed E-state index contributed by atoms with van der Waals surface area (Å²) in [5.74, 6) is 1.91. The lowest BCUT2D eigenvalue weighted by molar-refractivity contribution is 0.368. The van der Waals surface area contributed by atoms with Gasteiger partial charge in [0.05, 0.1) is 6.54 Å². The molecule has 0 spiro atoms. The molecule has 0 saturated carbocycles. The predicted octanol–water partition coefficient (Wildman–Crippen LogP) is 2.24. The van der Waals surface area contributed by atoms with Crippen LogP contribution in [0.1, 0.15) is 17.3 Å². The van der Waals surface area contributed by atoms with Crippen LogP contribution in [0.25, 0.3) is 0 Å². The minimum Gasteiger partial charge on any atom is -0.347 e. The second-order valence-corrected chi connectivity index (χ2v) is 5.06. The highest BCUT2D eigenvalue weighted by Gasteiger charge is 2.09. The Bertz CT molecular complexity index is 608. The Balaban J connectivity index is 1.92. The zero-order valence-corrected chi connectivity index (χ0v) is 13.1. The van der Waals surface area contributed by atoms with E-state index in [2.05, 4.69) is 20.4 Å². The van der Waals surface area contributed by atoms with E-state index in [9.17, 15) is 0 Å². The average molecular weight is 308 g/mol. The molecule has 0 saturated heterocycles. The van der Waals surface area contributed by atoms with Crippen molar-refractivity contribution < 1.29 is 4.52 Å². The molecule has 6 nitrogen and oxygen atoms in total. The third-order valence-electron chi connectivity index (χ3n) is 2.87.